The maximum absolute atomic E-state index is 4.24. The van der Waals surface area contributed by atoms with Crippen LogP contribution < -0.4 is 0 Å². The van der Waals surface area contributed by atoms with Crippen molar-refractivity contribution in [3.05, 3.63) is 60.0 Å². The van der Waals surface area contributed by atoms with Gasteiger partial charge in [0, 0.05) is 17.3 Å². The van der Waals surface area contributed by atoms with Gasteiger partial charge >= 0.3 is 0 Å². The molecule has 0 aliphatic rings. The molecule has 3 aromatic rings. The first-order valence-corrected chi connectivity index (χ1v) is 6.82. The molecule has 2 heterocycles. The first kappa shape index (κ1) is 12.0. The van der Waals surface area contributed by atoms with Gasteiger partial charge in [0.25, 0.3) is 0 Å². The number of fused-ring (bicyclic) bond motifs is 1. The summed E-state index contributed by atoms with van der Waals surface area (Å²) >= 11 is 0. The molecule has 0 amide bonds. The maximum Gasteiger partial charge on any atom is 0.0641 e. The number of pyridine rings is 1. The lowest BCUT2D eigenvalue weighted by Crippen LogP contribution is -1.97. The summed E-state index contributed by atoms with van der Waals surface area (Å²) in [5.41, 5.74) is 5.20. The zero-order valence-corrected chi connectivity index (χ0v) is 11.4. The lowest BCUT2D eigenvalue weighted by atomic mass is 10.1. The largest absolute Gasteiger partial charge is 0.312 e. The molecule has 0 spiro atoms. The number of aryl methyl sites for hydroxylation is 1. The second-order valence-corrected chi connectivity index (χ2v) is 4.88. The Labute approximate surface area is 113 Å². The van der Waals surface area contributed by atoms with Crippen molar-refractivity contribution in [3.8, 4) is 5.69 Å². The molecule has 2 nitrogen and oxygen atoms in total. The van der Waals surface area contributed by atoms with E-state index in [1.807, 2.05) is 18.5 Å². The third-order valence-electron chi connectivity index (χ3n) is 3.65. The first-order chi connectivity index (χ1) is 9.33. The van der Waals surface area contributed by atoms with Gasteiger partial charge in [-0.25, -0.2) is 0 Å². The summed E-state index contributed by atoms with van der Waals surface area (Å²) in [4.78, 5) is 4.24. The van der Waals surface area contributed by atoms with Crippen molar-refractivity contribution in [1.29, 1.82) is 0 Å². The Morgan fingerprint density at radius 1 is 1.11 bits per heavy atom. The number of benzene rings is 1. The van der Waals surface area contributed by atoms with Gasteiger partial charge in [-0.2, -0.15) is 0 Å². The fourth-order valence-electron chi connectivity index (χ4n) is 2.82. The minimum atomic E-state index is 1.12. The minimum absolute atomic E-state index is 1.12. The summed E-state index contributed by atoms with van der Waals surface area (Å²) in [6.45, 7) is 4.44. The zero-order valence-electron chi connectivity index (χ0n) is 11.4. The van der Waals surface area contributed by atoms with Crippen molar-refractivity contribution >= 4 is 10.9 Å². The smallest absolute Gasteiger partial charge is 0.0641 e. The van der Waals surface area contributed by atoms with Crippen molar-refractivity contribution in [2.75, 3.05) is 0 Å². The topological polar surface area (TPSA) is 17.8 Å². The Morgan fingerprint density at radius 3 is 2.68 bits per heavy atom. The van der Waals surface area contributed by atoms with Crippen LogP contribution in [0.4, 0.5) is 0 Å². The third kappa shape index (κ3) is 1.93. The fraction of sp³-hybridized carbons (Fsp3) is 0.235. The molecule has 0 radical (unpaired) electrons. The van der Waals surface area contributed by atoms with Gasteiger partial charge in [0.1, 0.15) is 0 Å². The summed E-state index contributed by atoms with van der Waals surface area (Å²) in [6, 6.07) is 12.7. The molecule has 19 heavy (non-hydrogen) atoms. The molecule has 0 fully saturated rings. The molecule has 1 aromatic carbocycles. The average Bonchev–Trinajstić information content (AvgIpc) is 2.73. The van der Waals surface area contributed by atoms with Crippen molar-refractivity contribution < 1.29 is 0 Å². The van der Waals surface area contributed by atoms with Gasteiger partial charge in [-0.15, -0.1) is 0 Å². The van der Waals surface area contributed by atoms with Gasteiger partial charge in [-0.1, -0.05) is 31.5 Å². The number of hydrogen-bond acceptors (Lipinski definition) is 1. The van der Waals surface area contributed by atoms with E-state index >= 15 is 0 Å². The predicted molar refractivity (Wildman–Crippen MR) is 79.8 cm³/mol. The highest BCUT2D eigenvalue weighted by Crippen LogP contribution is 2.29. The first-order valence-electron chi connectivity index (χ1n) is 6.82. The number of nitrogens with zero attached hydrogens (tertiary/aromatic N) is 2. The van der Waals surface area contributed by atoms with Crippen LogP contribution in [0, 0.1) is 6.92 Å². The van der Waals surface area contributed by atoms with Crippen LogP contribution in [0.5, 0.6) is 0 Å². The number of rotatable bonds is 3. The van der Waals surface area contributed by atoms with Gasteiger partial charge in [-0.05, 0) is 37.1 Å². The van der Waals surface area contributed by atoms with Gasteiger partial charge in [0.2, 0.25) is 0 Å². The van der Waals surface area contributed by atoms with Crippen LogP contribution in [0.3, 0.4) is 0 Å². The Morgan fingerprint density at radius 2 is 1.95 bits per heavy atom. The van der Waals surface area contributed by atoms with Crippen LogP contribution in [0.25, 0.3) is 16.6 Å². The van der Waals surface area contributed by atoms with E-state index in [1.54, 1.807) is 0 Å². The lowest BCUT2D eigenvalue weighted by Gasteiger charge is -2.08. The zero-order chi connectivity index (χ0) is 13.2. The highest BCUT2D eigenvalue weighted by molar-refractivity contribution is 5.87. The van der Waals surface area contributed by atoms with Gasteiger partial charge in [-0.3, -0.25) is 4.98 Å². The van der Waals surface area contributed by atoms with E-state index in [9.17, 15) is 0 Å². The Hall–Kier alpha value is -2.09. The lowest BCUT2D eigenvalue weighted by molar-refractivity contribution is 0.902. The summed E-state index contributed by atoms with van der Waals surface area (Å²) < 4.78 is 2.31. The normalized spacial score (nSPS) is 11.1. The molecule has 0 saturated heterocycles. The van der Waals surface area contributed by atoms with Crippen LogP contribution >= 0.6 is 0 Å². The van der Waals surface area contributed by atoms with E-state index in [4.69, 9.17) is 0 Å². The summed E-state index contributed by atoms with van der Waals surface area (Å²) in [7, 11) is 0. The predicted octanol–water partition coefficient (Wildman–Crippen LogP) is 4.29. The van der Waals surface area contributed by atoms with Crippen LogP contribution in [-0.2, 0) is 6.42 Å². The molecule has 0 bridgehead atoms. The summed E-state index contributed by atoms with van der Waals surface area (Å²) in [5.74, 6) is 0. The quantitative estimate of drug-likeness (QED) is 0.678. The molecule has 2 heteroatoms. The average molecular weight is 250 g/mol. The minimum Gasteiger partial charge on any atom is -0.312 e. The van der Waals surface area contributed by atoms with Crippen LogP contribution in [0.2, 0.25) is 0 Å². The van der Waals surface area contributed by atoms with E-state index in [0.29, 0.717) is 0 Å². The highest BCUT2D eigenvalue weighted by Gasteiger charge is 2.13. The number of para-hydroxylation sites is 1. The second kappa shape index (κ2) is 4.88. The maximum atomic E-state index is 4.24. The summed E-state index contributed by atoms with van der Waals surface area (Å²) in [6.07, 6.45) is 6.04. The summed E-state index contributed by atoms with van der Waals surface area (Å²) in [5, 5.41) is 1.37. The van der Waals surface area contributed by atoms with Crippen molar-refractivity contribution in [1.82, 2.24) is 9.55 Å². The van der Waals surface area contributed by atoms with E-state index in [0.717, 1.165) is 12.1 Å². The molecule has 2 aromatic heterocycles. The fourth-order valence-corrected chi connectivity index (χ4v) is 2.82. The molecule has 0 N–H and O–H groups in total. The second-order valence-electron chi connectivity index (χ2n) is 4.88. The SMILES string of the molecule is CCCc1c(C)n(-c2cccnc2)c2ccccc12. The molecule has 0 unspecified atom stereocenters. The molecule has 0 atom stereocenters. The van der Waals surface area contributed by atoms with Crippen LogP contribution in [0.15, 0.2) is 48.8 Å². The number of aromatic nitrogens is 2. The molecular formula is C17H18N2. The van der Waals surface area contributed by atoms with E-state index in [1.165, 1.54) is 28.6 Å². The Bertz CT molecular complexity index is 696. The standard InChI is InChI=1S/C17H18N2/c1-3-7-15-13(2)19(14-8-6-11-18-12-14)17-10-5-4-9-16(15)17/h4-6,8-12H,3,7H2,1-2H3. The van der Waals surface area contributed by atoms with Crippen molar-refractivity contribution in [3.63, 3.8) is 0 Å². The van der Waals surface area contributed by atoms with E-state index < -0.39 is 0 Å². The van der Waals surface area contributed by atoms with Gasteiger partial charge in [0.15, 0.2) is 0 Å². The third-order valence-corrected chi connectivity index (χ3v) is 3.65. The van der Waals surface area contributed by atoms with Crippen LogP contribution in [-0.4, -0.2) is 9.55 Å². The van der Waals surface area contributed by atoms with E-state index in [2.05, 4.69) is 53.7 Å². The molecule has 0 aliphatic carbocycles. The molecular weight excluding hydrogens is 232 g/mol. The van der Waals surface area contributed by atoms with Crippen molar-refractivity contribution in [2.45, 2.75) is 26.7 Å². The molecule has 96 valence electrons. The highest BCUT2D eigenvalue weighted by atomic mass is 15.0. The van der Waals surface area contributed by atoms with Crippen molar-refractivity contribution in [2.24, 2.45) is 0 Å². The van der Waals surface area contributed by atoms with Crippen LogP contribution in [0.1, 0.15) is 24.6 Å². The Kier molecular flexibility index (Phi) is 3.08. The molecule has 0 saturated carbocycles. The monoisotopic (exact) mass is 250 g/mol. The number of hydrogen-bond donors (Lipinski definition) is 0. The molecule has 0 aliphatic heterocycles. The molecule has 3 rings (SSSR count). The van der Waals surface area contributed by atoms with Gasteiger partial charge in [0.05, 0.1) is 17.4 Å². The van der Waals surface area contributed by atoms with Gasteiger partial charge < -0.3 is 4.57 Å². The van der Waals surface area contributed by atoms with E-state index in [-0.39, 0.29) is 0 Å². The Balaban J connectivity index is 2.33.